The Morgan fingerprint density at radius 3 is 2.20 bits per heavy atom. The fourth-order valence-corrected chi connectivity index (χ4v) is 2.11. The molecule has 0 aliphatic rings. The summed E-state index contributed by atoms with van der Waals surface area (Å²) < 4.78 is 0. The molecular weight excluding hydrogens is 252 g/mol. The van der Waals surface area contributed by atoms with Gasteiger partial charge in [0.05, 0.1) is 0 Å². The van der Waals surface area contributed by atoms with Crippen LogP contribution < -0.4 is 10.9 Å². The van der Waals surface area contributed by atoms with E-state index in [1.807, 2.05) is 26.8 Å². The maximum absolute atomic E-state index is 12.2. The maximum atomic E-state index is 12.2. The molecule has 4 nitrogen and oxygen atoms in total. The standard InChI is InChI=1S/C16H24N2O2/c1-5-9-13(16(2,3)4)15(20)18-17-14(19)12-10-7-6-8-11-12/h6-8,10-11,13H,5,9H2,1-4H3,(H,17,19)(H,18,20). The summed E-state index contributed by atoms with van der Waals surface area (Å²) in [6.07, 6.45) is 1.73. The molecule has 0 heterocycles. The minimum atomic E-state index is -0.303. The van der Waals surface area contributed by atoms with Crippen LogP contribution in [-0.2, 0) is 4.79 Å². The van der Waals surface area contributed by atoms with Crippen LogP contribution in [0.15, 0.2) is 30.3 Å². The molecule has 0 fully saturated rings. The third-order valence-electron chi connectivity index (χ3n) is 3.27. The number of benzene rings is 1. The van der Waals surface area contributed by atoms with Crippen molar-refractivity contribution in [1.82, 2.24) is 10.9 Å². The van der Waals surface area contributed by atoms with Gasteiger partial charge in [-0.1, -0.05) is 52.3 Å². The number of rotatable bonds is 4. The topological polar surface area (TPSA) is 58.2 Å². The zero-order valence-electron chi connectivity index (χ0n) is 12.7. The first-order chi connectivity index (χ1) is 9.36. The van der Waals surface area contributed by atoms with Crippen LogP contribution in [0.4, 0.5) is 0 Å². The van der Waals surface area contributed by atoms with E-state index in [9.17, 15) is 9.59 Å². The fourth-order valence-electron chi connectivity index (χ4n) is 2.11. The largest absolute Gasteiger partial charge is 0.273 e. The monoisotopic (exact) mass is 276 g/mol. The molecule has 1 rings (SSSR count). The highest BCUT2D eigenvalue weighted by molar-refractivity contribution is 5.95. The lowest BCUT2D eigenvalue weighted by Crippen LogP contribution is -2.47. The van der Waals surface area contributed by atoms with E-state index in [2.05, 4.69) is 17.8 Å². The first-order valence-electron chi connectivity index (χ1n) is 7.01. The normalized spacial score (nSPS) is 12.6. The lowest BCUT2D eigenvalue weighted by molar-refractivity contribution is -0.129. The van der Waals surface area contributed by atoms with E-state index < -0.39 is 0 Å². The van der Waals surface area contributed by atoms with Crippen LogP contribution in [0.3, 0.4) is 0 Å². The van der Waals surface area contributed by atoms with Crippen LogP contribution in [0.2, 0.25) is 0 Å². The maximum Gasteiger partial charge on any atom is 0.269 e. The van der Waals surface area contributed by atoms with Crippen molar-refractivity contribution in [2.45, 2.75) is 40.5 Å². The number of nitrogens with one attached hydrogen (secondary N) is 2. The summed E-state index contributed by atoms with van der Waals surface area (Å²) >= 11 is 0. The van der Waals surface area contributed by atoms with Gasteiger partial charge in [0, 0.05) is 11.5 Å². The molecule has 0 aliphatic carbocycles. The Labute approximate surface area is 120 Å². The second-order valence-electron chi connectivity index (χ2n) is 6.02. The highest BCUT2D eigenvalue weighted by Gasteiger charge is 2.30. The van der Waals surface area contributed by atoms with Crippen LogP contribution in [0.5, 0.6) is 0 Å². The Morgan fingerprint density at radius 1 is 1.10 bits per heavy atom. The summed E-state index contributed by atoms with van der Waals surface area (Å²) in [4.78, 5) is 24.0. The molecule has 0 aromatic heterocycles. The van der Waals surface area contributed by atoms with E-state index >= 15 is 0 Å². The van der Waals surface area contributed by atoms with Crippen molar-refractivity contribution >= 4 is 11.8 Å². The molecule has 0 bridgehead atoms. The van der Waals surface area contributed by atoms with E-state index in [1.54, 1.807) is 24.3 Å². The van der Waals surface area contributed by atoms with Crippen molar-refractivity contribution in [1.29, 1.82) is 0 Å². The van der Waals surface area contributed by atoms with Gasteiger partial charge >= 0.3 is 0 Å². The van der Waals surface area contributed by atoms with Gasteiger partial charge in [-0.2, -0.15) is 0 Å². The Hall–Kier alpha value is -1.84. The molecule has 110 valence electrons. The van der Waals surface area contributed by atoms with Crippen molar-refractivity contribution in [3.05, 3.63) is 35.9 Å². The molecule has 1 aromatic rings. The van der Waals surface area contributed by atoms with E-state index in [-0.39, 0.29) is 23.1 Å². The van der Waals surface area contributed by atoms with Gasteiger partial charge < -0.3 is 0 Å². The first-order valence-corrected chi connectivity index (χ1v) is 7.01. The molecule has 0 spiro atoms. The SMILES string of the molecule is CCCC(C(=O)NNC(=O)c1ccccc1)C(C)(C)C. The van der Waals surface area contributed by atoms with Gasteiger partial charge in [-0.15, -0.1) is 0 Å². The highest BCUT2D eigenvalue weighted by atomic mass is 16.2. The minimum absolute atomic E-state index is 0.122. The van der Waals surface area contributed by atoms with E-state index in [1.165, 1.54) is 0 Å². The average molecular weight is 276 g/mol. The van der Waals surface area contributed by atoms with Gasteiger partial charge in [0.2, 0.25) is 5.91 Å². The summed E-state index contributed by atoms with van der Waals surface area (Å²) in [5.74, 6) is -0.560. The molecule has 4 heteroatoms. The predicted molar refractivity (Wildman–Crippen MR) is 79.9 cm³/mol. The molecule has 1 aromatic carbocycles. The quantitative estimate of drug-likeness (QED) is 0.831. The summed E-state index contributed by atoms with van der Waals surface area (Å²) in [7, 11) is 0. The molecule has 2 amide bonds. The Balaban J connectivity index is 2.60. The van der Waals surface area contributed by atoms with Crippen molar-refractivity contribution in [3.63, 3.8) is 0 Å². The highest BCUT2D eigenvalue weighted by Crippen LogP contribution is 2.29. The number of hydrogen-bond donors (Lipinski definition) is 2. The van der Waals surface area contributed by atoms with Crippen LogP contribution in [0, 0.1) is 11.3 Å². The van der Waals surface area contributed by atoms with Crippen LogP contribution in [0.25, 0.3) is 0 Å². The van der Waals surface area contributed by atoms with Gasteiger partial charge in [-0.25, -0.2) is 0 Å². The number of amides is 2. The van der Waals surface area contributed by atoms with Crippen LogP contribution in [-0.4, -0.2) is 11.8 Å². The van der Waals surface area contributed by atoms with Crippen molar-refractivity contribution < 1.29 is 9.59 Å². The van der Waals surface area contributed by atoms with Gasteiger partial charge in [0.1, 0.15) is 0 Å². The summed E-state index contributed by atoms with van der Waals surface area (Å²) in [6, 6.07) is 8.81. The van der Waals surface area contributed by atoms with E-state index in [4.69, 9.17) is 0 Å². The first kappa shape index (κ1) is 16.2. The fraction of sp³-hybridized carbons (Fsp3) is 0.500. The van der Waals surface area contributed by atoms with E-state index in [0.717, 1.165) is 12.8 Å². The second kappa shape index (κ2) is 7.08. The second-order valence-corrected chi connectivity index (χ2v) is 6.02. The van der Waals surface area contributed by atoms with Gasteiger partial charge in [0.15, 0.2) is 0 Å². The number of hydrogen-bond acceptors (Lipinski definition) is 2. The molecule has 0 saturated heterocycles. The lowest BCUT2D eigenvalue weighted by Gasteiger charge is -2.29. The molecule has 0 aliphatic heterocycles. The molecule has 0 saturated carbocycles. The van der Waals surface area contributed by atoms with Crippen LogP contribution in [0.1, 0.15) is 50.9 Å². The number of hydrazine groups is 1. The number of carbonyl (C=O) groups excluding carboxylic acids is 2. The molecular formula is C16H24N2O2. The smallest absolute Gasteiger partial charge is 0.269 e. The van der Waals surface area contributed by atoms with E-state index in [0.29, 0.717) is 5.56 Å². The molecule has 20 heavy (non-hydrogen) atoms. The summed E-state index contributed by atoms with van der Waals surface area (Å²) in [5.41, 5.74) is 5.40. The molecule has 1 atom stereocenters. The predicted octanol–water partition coefficient (Wildman–Crippen LogP) is 2.91. The summed E-state index contributed by atoms with van der Waals surface area (Å²) in [5, 5.41) is 0. The van der Waals surface area contributed by atoms with Crippen molar-refractivity contribution in [3.8, 4) is 0 Å². The minimum Gasteiger partial charge on any atom is -0.273 e. The van der Waals surface area contributed by atoms with Crippen molar-refractivity contribution in [2.75, 3.05) is 0 Å². The van der Waals surface area contributed by atoms with Crippen molar-refractivity contribution in [2.24, 2.45) is 11.3 Å². The molecule has 0 radical (unpaired) electrons. The van der Waals surface area contributed by atoms with Crippen LogP contribution >= 0.6 is 0 Å². The Morgan fingerprint density at radius 2 is 1.70 bits per heavy atom. The molecule has 1 unspecified atom stereocenters. The Kier molecular flexibility index (Phi) is 5.74. The third-order valence-corrected chi connectivity index (χ3v) is 3.27. The summed E-state index contributed by atoms with van der Waals surface area (Å²) in [6.45, 7) is 8.15. The zero-order chi connectivity index (χ0) is 15.2. The molecule has 2 N–H and O–H groups in total. The zero-order valence-corrected chi connectivity index (χ0v) is 12.7. The average Bonchev–Trinajstić information content (AvgIpc) is 2.41. The van der Waals surface area contributed by atoms with Gasteiger partial charge in [0.25, 0.3) is 5.91 Å². The lowest BCUT2D eigenvalue weighted by atomic mass is 9.78. The Bertz CT molecular complexity index is 449. The van der Waals surface area contributed by atoms with Gasteiger partial charge in [-0.3, -0.25) is 20.4 Å². The third kappa shape index (κ3) is 4.68. The number of carbonyl (C=O) groups is 2. The van der Waals surface area contributed by atoms with Gasteiger partial charge in [-0.05, 0) is 24.0 Å².